The van der Waals surface area contributed by atoms with E-state index < -0.39 is 0 Å². The van der Waals surface area contributed by atoms with Crippen molar-refractivity contribution in [1.29, 1.82) is 0 Å². The average Bonchev–Trinajstić information content (AvgIpc) is 3.13. The second kappa shape index (κ2) is 8.79. The van der Waals surface area contributed by atoms with Gasteiger partial charge in [0.05, 0.1) is 11.5 Å². The fourth-order valence-electron chi connectivity index (χ4n) is 4.10. The van der Waals surface area contributed by atoms with Gasteiger partial charge >= 0.3 is 0 Å². The van der Waals surface area contributed by atoms with E-state index in [4.69, 9.17) is 9.47 Å². The molecule has 30 heavy (non-hydrogen) atoms. The molecule has 1 aliphatic rings. The lowest BCUT2D eigenvalue weighted by Gasteiger charge is -2.38. The number of halogens is 2. The Hall–Kier alpha value is -2.35. The molecule has 4 rings (SSSR count). The number of benzene rings is 2. The van der Waals surface area contributed by atoms with Crippen molar-refractivity contribution in [2.75, 3.05) is 26.9 Å². The molecule has 1 N–H and O–H groups in total. The van der Waals surface area contributed by atoms with E-state index in [0.29, 0.717) is 40.3 Å². The Morgan fingerprint density at radius 2 is 1.90 bits per heavy atom. The average molecular weight is 432 g/mol. The Morgan fingerprint density at radius 1 is 1.17 bits per heavy atom. The van der Waals surface area contributed by atoms with E-state index in [1.165, 1.54) is 36.6 Å². The molecule has 0 atom stereocenters. The number of nitrogens with one attached hydrogen (secondary N) is 1. The summed E-state index contributed by atoms with van der Waals surface area (Å²) in [5.74, 6) is -0.904. The molecule has 2 aromatic carbocycles. The van der Waals surface area contributed by atoms with Crippen molar-refractivity contribution in [1.82, 2.24) is 5.32 Å². The molecule has 0 bridgehead atoms. The number of fused-ring (bicyclic) bond motifs is 1. The predicted molar refractivity (Wildman–Crippen MR) is 113 cm³/mol. The van der Waals surface area contributed by atoms with Gasteiger partial charge in [-0.05, 0) is 42.7 Å². The smallest absolute Gasteiger partial charge is 0.261 e. The molecule has 0 spiro atoms. The molecular weight excluding hydrogens is 408 g/mol. The van der Waals surface area contributed by atoms with Crippen molar-refractivity contribution >= 4 is 27.3 Å². The number of ether oxygens (including phenoxy) is 2. The van der Waals surface area contributed by atoms with Crippen molar-refractivity contribution in [3.8, 4) is 0 Å². The molecule has 0 saturated carbocycles. The monoisotopic (exact) mass is 431 g/mol. The Labute approximate surface area is 177 Å². The molecule has 1 fully saturated rings. The molecular formula is C23H23F2NO3S. The predicted octanol–water partition coefficient (Wildman–Crippen LogP) is 4.80. The maximum atomic E-state index is 14.4. The number of amides is 1. The fourth-order valence-corrected chi connectivity index (χ4v) is 5.23. The lowest BCUT2D eigenvalue weighted by molar-refractivity contribution is 0.0487. The van der Waals surface area contributed by atoms with Crippen LogP contribution in [0.25, 0.3) is 10.1 Å². The molecule has 0 unspecified atom stereocenters. The zero-order chi connectivity index (χ0) is 21.1. The summed E-state index contributed by atoms with van der Waals surface area (Å²) in [5, 5.41) is 3.48. The van der Waals surface area contributed by atoms with E-state index in [0.717, 1.165) is 18.4 Å². The number of methoxy groups -OCH3 is 1. The van der Waals surface area contributed by atoms with Crippen LogP contribution in [-0.4, -0.2) is 32.8 Å². The van der Waals surface area contributed by atoms with Gasteiger partial charge in [0.1, 0.15) is 11.6 Å². The van der Waals surface area contributed by atoms with E-state index in [1.54, 1.807) is 24.3 Å². The van der Waals surface area contributed by atoms with Gasteiger partial charge in [-0.25, -0.2) is 8.78 Å². The van der Waals surface area contributed by atoms with Crippen LogP contribution in [0.3, 0.4) is 0 Å². The lowest BCUT2D eigenvalue weighted by atomic mass is 9.74. The fraction of sp³-hybridized carbons (Fsp3) is 0.348. The van der Waals surface area contributed by atoms with Crippen molar-refractivity contribution < 1.29 is 23.0 Å². The van der Waals surface area contributed by atoms with Crippen LogP contribution in [0, 0.1) is 11.6 Å². The molecule has 1 aromatic heterocycles. The van der Waals surface area contributed by atoms with Crippen LogP contribution in [0.2, 0.25) is 0 Å². The number of rotatable bonds is 6. The van der Waals surface area contributed by atoms with E-state index in [1.807, 2.05) is 0 Å². The second-order valence-corrected chi connectivity index (χ2v) is 8.59. The minimum atomic E-state index is -0.359. The molecule has 0 radical (unpaired) electrons. The Kier molecular flexibility index (Phi) is 6.13. The Morgan fingerprint density at radius 3 is 2.60 bits per heavy atom. The van der Waals surface area contributed by atoms with Crippen molar-refractivity contribution in [3.63, 3.8) is 0 Å². The minimum Gasteiger partial charge on any atom is -0.381 e. The standard InChI is InChI=1S/C23H23F2NO3S/c1-28-13-17-20-18(25)3-2-4-19(20)30-21(17)22(27)26-14-23(9-11-29-12-10-23)15-5-7-16(24)8-6-15/h2-8H,9-14H2,1H3,(H,26,27). The number of thiophene rings is 1. The molecule has 1 amide bonds. The maximum absolute atomic E-state index is 14.4. The first kappa shape index (κ1) is 20.9. The van der Waals surface area contributed by atoms with Crippen molar-refractivity contribution in [3.05, 3.63) is 70.1 Å². The first-order valence-electron chi connectivity index (χ1n) is 9.85. The first-order chi connectivity index (χ1) is 14.5. The largest absolute Gasteiger partial charge is 0.381 e. The summed E-state index contributed by atoms with van der Waals surface area (Å²) in [6, 6.07) is 11.3. The quantitative estimate of drug-likeness (QED) is 0.610. The summed E-state index contributed by atoms with van der Waals surface area (Å²) in [5.41, 5.74) is 1.22. The first-order valence-corrected chi connectivity index (χ1v) is 10.7. The Bertz CT molecular complexity index is 1040. The number of carbonyl (C=O) groups excluding carboxylic acids is 1. The van der Waals surface area contributed by atoms with Gasteiger partial charge in [-0.3, -0.25) is 4.79 Å². The number of carbonyl (C=O) groups is 1. The van der Waals surface area contributed by atoms with Gasteiger partial charge in [-0.15, -0.1) is 11.3 Å². The third-order valence-corrected chi connectivity index (χ3v) is 6.95. The Balaban J connectivity index is 1.62. The maximum Gasteiger partial charge on any atom is 0.261 e. The zero-order valence-corrected chi connectivity index (χ0v) is 17.5. The van der Waals surface area contributed by atoms with Gasteiger partial charge in [-0.2, -0.15) is 0 Å². The van der Waals surface area contributed by atoms with Crippen LogP contribution >= 0.6 is 11.3 Å². The van der Waals surface area contributed by atoms with Crippen molar-refractivity contribution in [2.45, 2.75) is 24.9 Å². The SMILES string of the molecule is COCc1c(C(=O)NCC2(c3ccc(F)cc3)CCOCC2)sc2cccc(F)c12. The van der Waals surface area contributed by atoms with Gasteiger partial charge in [0.25, 0.3) is 5.91 Å². The van der Waals surface area contributed by atoms with Crippen LogP contribution < -0.4 is 5.32 Å². The van der Waals surface area contributed by atoms with E-state index in [2.05, 4.69) is 5.32 Å². The number of hydrogen-bond donors (Lipinski definition) is 1. The zero-order valence-electron chi connectivity index (χ0n) is 16.7. The molecule has 1 aliphatic heterocycles. The molecule has 4 nitrogen and oxygen atoms in total. The molecule has 3 aromatic rings. The lowest BCUT2D eigenvalue weighted by Crippen LogP contribution is -2.44. The summed E-state index contributed by atoms with van der Waals surface area (Å²) in [6.07, 6.45) is 1.45. The molecule has 7 heteroatoms. The van der Waals surface area contributed by atoms with E-state index in [9.17, 15) is 13.6 Å². The summed E-state index contributed by atoms with van der Waals surface area (Å²) >= 11 is 1.26. The molecule has 158 valence electrons. The second-order valence-electron chi connectivity index (χ2n) is 7.54. The van der Waals surface area contributed by atoms with Crippen LogP contribution in [-0.2, 0) is 21.5 Å². The summed E-state index contributed by atoms with van der Waals surface area (Å²) in [4.78, 5) is 13.6. The van der Waals surface area contributed by atoms with Crippen LogP contribution in [0.15, 0.2) is 42.5 Å². The van der Waals surface area contributed by atoms with Gasteiger partial charge in [0.2, 0.25) is 0 Å². The molecule has 2 heterocycles. The van der Waals surface area contributed by atoms with Gasteiger partial charge in [0, 0.05) is 47.9 Å². The van der Waals surface area contributed by atoms with Gasteiger partial charge in [-0.1, -0.05) is 18.2 Å². The highest BCUT2D eigenvalue weighted by Gasteiger charge is 2.35. The summed E-state index contributed by atoms with van der Waals surface area (Å²) in [7, 11) is 1.53. The third kappa shape index (κ3) is 3.97. The van der Waals surface area contributed by atoms with E-state index >= 15 is 0 Å². The normalized spacial score (nSPS) is 16.0. The van der Waals surface area contributed by atoms with E-state index in [-0.39, 0.29) is 29.6 Å². The number of hydrogen-bond acceptors (Lipinski definition) is 4. The summed E-state index contributed by atoms with van der Waals surface area (Å²) < 4.78 is 39.3. The molecule has 1 saturated heterocycles. The van der Waals surface area contributed by atoms with Gasteiger partial charge in [0.15, 0.2) is 0 Å². The van der Waals surface area contributed by atoms with Crippen LogP contribution in [0.1, 0.15) is 33.6 Å². The minimum absolute atomic E-state index is 0.153. The van der Waals surface area contributed by atoms with Crippen molar-refractivity contribution in [2.24, 2.45) is 0 Å². The highest BCUT2D eigenvalue weighted by atomic mass is 32.1. The molecule has 0 aliphatic carbocycles. The van der Waals surface area contributed by atoms with Crippen LogP contribution in [0.4, 0.5) is 8.78 Å². The highest BCUT2D eigenvalue weighted by molar-refractivity contribution is 7.21. The van der Waals surface area contributed by atoms with Gasteiger partial charge < -0.3 is 14.8 Å². The van der Waals surface area contributed by atoms with Crippen LogP contribution in [0.5, 0.6) is 0 Å². The summed E-state index contributed by atoms with van der Waals surface area (Å²) in [6.45, 7) is 1.71. The highest BCUT2D eigenvalue weighted by Crippen LogP contribution is 2.36. The third-order valence-electron chi connectivity index (χ3n) is 5.75. The topological polar surface area (TPSA) is 47.6 Å².